The molecule has 0 aromatic heterocycles. The molecule has 0 unspecified atom stereocenters. The van der Waals surface area contributed by atoms with Crippen molar-refractivity contribution in [2.45, 2.75) is 29.8 Å². The smallest absolute Gasteiger partial charge is 0.175 e. The predicted octanol–water partition coefficient (Wildman–Crippen LogP) is 1.17. The van der Waals surface area contributed by atoms with Crippen molar-refractivity contribution in [1.82, 2.24) is 0 Å². The molecule has 106 valence electrons. The summed E-state index contributed by atoms with van der Waals surface area (Å²) in [5.41, 5.74) is -0.195. The van der Waals surface area contributed by atoms with E-state index in [1.807, 2.05) is 0 Å². The number of benzene rings is 1. The summed E-state index contributed by atoms with van der Waals surface area (Å²) < 4.78 is 34.0. The van der Waals surface area contributed by atoms with Gasteiger partial charge in [-0.1, -0.05) is 0 Å². The number of hydrogen-bond acceptors (Lipinski definition) is 5. The Bertz CT molecular complexity index is 587. The minimum Gasteiger partial charge on any atom is -0.493 e. The molecule has 5 nitrogen and oxygen atoms in total. The predicted molar refractivity (Wildman–Crippen MR) is 70.5 cm³/mol. The normalized spacial score (nSPS) is 17.1. The van der Waals surface area contributed by atoms with Crippen LogP contribution in [-0.4, -0.2) is 39.6 Å². The van der Waals surface area contributed by atoms with E-state index >= 15 is 0 Å². The first kappa shape index (κ1) is 14.1. The molecule has 19 heavy (non-hydrogen) atoms. The monoisotopic (exact) mass is 286 g/mol. The van der Waals surface area contributed by atoms with Gasteiger partial charge < -0.3 is 14.6 Å². The van der Waals surface area contributed by atoms with E-state index in [4.69, 9.17) is 9.47 Å². The minimum absolute atomic E-state index is 0.186. The number of sulfone groups is 1. The lowest BCUT2D eigenvalue weighted by Crippen LogP contribution is -2.14. The van der Waals surface area contributed by atoms with Crippen LogP contribution in [0, 0.1) is 0 Å². The molecule has 0 saturated heterocycles. The topological polar surface area (TPSA) is 72.8 Å². The molecule has 0 atom stereocenters. The second kappa shape index (κ2) is 4.68. The number of methoxy groups -OCH3 is 2. The van der Waals surface area contributed by atoms with Crippen molar-refractivity contribution in [1.29, 1.82) is 0 Å². The van der Waals surface area contributed by atoms with E-state index in [0.717, 1.165) is 6.26 Å². The first-order valence-corrected chi connectivity index (χ1v) is 7.85. The van der Waals surface area contributed by atoms with Gasteiger partial charge in [-0.25, -0.2) is 8.42 Å². The zero-order valence-corrected chi connectivity index (χ0v) is 12.1. The first-order valence-electron chi connectivity index (χ1n) is 5.96. The molecule has 1 aliphatic carbocycles. The largest absolute Gasteiger partial charge is 0.493 e. The second-order valence-corrected chi connectivity index (χ2v) is 6.97. The van der Waals surface area contributed by atoms with Gasteiger partial charge in [0.15, 0.2) is 21.3 Å². The highest BCUT2D eigenvalue weighted by Gasteiger charge is 2.41. The Morgan fingerprint density at radius 1 is 1.21 bits per heavy atom. The van der Waals surface area contributed by atoms with Crippen molar-refractivity contribution < 1.29 is 23.0 Å². The summed E-state index contributed by atoms with van der Waals surface area (Å²) in [6.07, 6.45) is 2.86. The van der Waals surface area contributed by atoms with E-state index in [1.54, 1.807) is 6.07 Å². The molecule has 6 heteroatoms. The van der Waals surface area contributed by atoms with Gasteiger partial charge in [0.2, 0.25) is 0 Å². The van der Waals surface area contributed by atoms with Crippen molar-refractivity contribution >= 4 is 9.84 Å². The molecule has 1 aliphatic rings. The molecule has 1 saturated carbocycles. The summed E-state index contributed by atoms with van der Waals surface area (Å²) in [4.78, 5) is 0.186. The SMILES string of the molecule is COc1cc(CC2(O)CC2)c(S(C)(=O)=O)cc1OC. The van der Waals surface area contributed by atoms with E-state index < -0.39 is 15.4 Å². The van der Waals surface area contributed by atoms with E-state index in [1.165, 1.54) is 20.3 Å². The maximum atomic E-state index is 11.8. The fraction of sp³-hybridized carbons (Fsp3) is 0.538. The van der Waals surface area contributed by atoms with E-state index in [2.05, 4.69) is 0 Å². The van der Waals surface area contributed by atoms with Crippen LogP contribution in [0.4, 0.5) is 0 Å². The third-order valence-electron chi connectivity index (χ3n) is 3.31. The summed E-state index contributed by atoms with van der Waals surface area (Å²) in [6.45, 7) is 0. The van der Waals surface area contributed by atoms with Gasteiger partial charge in [0, 0.05) is 18.7 Å². The molecular formula is C13H18O5S. The molecule has 0 radical (unpaired) electrons. The van der Waals surface area contributed by atoms with Crippen molar-refractivity contribution in [2.24, 2.45) is 0 Å². The van der Waals surface area contributed by atoms with Crippen LogP contribution in [0.2, 0.25) is 0 Å². The Labute approximate surface area is 113 Å². The minimum atomic E-state index is -3.38. The van der Waals surface area contributed by atoms with Crippen LogP contribution in [0.3, 0.4) is 0 Å². The molecular weight excluding hydrogens is 268 g/mol. The Hall–Kier alpha value is -1.27. The fourth-order valence-electron chi connectivity index (χ4n) is 2.06. The van der Waals surface area contributed by atoms with Gasteiger partial charge in [0.05, 0.1) is 24.7 Å². The number of rotatable bonds is 5. The van der Waals surface area contributed by atoms with Crippen LogP contribution in [0.15, 0.2) is 17.0 Å². The summed E-state index contributed by atoms with van der Waals surface area (Å²) >= 11 is 0. The Balaban J connectivity index is 2.54. The zero-order chi connectivity index (χ0) is 14.3. The summed E-state index contributed by atoms with van der Waals surface area (Å²) in [5, 5.41) is 10.00. The van der Waals surface area contributed by atoms with Crippen LogP contribution >= 0.6 is 0 Å². The maximum Gasteiger partial charge on any atom is 0.175 e. The van der Waals surface area contributed by atoms with Crippen LogP contribution in [0.25, 0.3) is 0 Å². The third kappa shape index (κ3) is 3.01. The lowest BCUT2D eigenvalue weighted by atomic mass is 10.1. The third-order valence-corrected chi connectivity index (χ3v) is 4.49. The highest BCUT2D eigenvalue weighted by atomic mass is 32.2. The molecule has 1 fully saturated rings. The molecule has 0 heterocycles. The molecule has 0 bridgehead atoms. The number of ether oxygens (including phenoxy) is 2. The lowest BCUT2D eigenvalue weighted by Gasteiger charge is -2.16. The van der Waals surface area contributed by atoms with Crippen LogP contribution in [0.5, 0.6) is 11.5 Å². The molecule has 1 aromatic rings. The van der Waals surface area contributed by atoms with Gasteiger partial charge in [-0.2, -0.15) is 0 Å². The van der Waals surface area contributed by atoms with E-state index in [0.29, 0.717) is 36.3 Å². The Kier molecular flexibility index (Phi) is 3.49. The van der Waals surface area contributed by atoms with Gasteiger partial charge >= 0.3 is 0 Å². The Morgan fingerprint density at radius 2 is 1.74 bits per heavy atom. The lowest BCUT2D eigenvalue weighted by molar-refractivity contribution is 0.150. The van der Waals surface area contributed by atoms with Gasteiger partial charge in [-0.3, -0.25) is 0 Å². The van der Waals surface area contributed by atoms with Crippen LogP contribution in [0.1, 0.15) is 18.4 Å². The molecule has 0 amide bonds. The molecule has 2 rings (SSSR count). The quantitative estimate of drug-likeness (QED) is 0.879. The molecule has 0 aliphatic heterocycles. The first-order chi connectivity index (χ1) is 8.79. The number of hydrogen-bond donors (Lipinski definition) is 1. The van der Waals surface area contributed by atoms with Crippen molar-refractivity contribution in [3.63, 3.8) is 0 Å². The maximum absolute atomic E-state index is 11.8. The average Bonchev–Trinajstić information content (AvgIpc) is 3.04. The van der Waals surface area contributed by atoms with Gasteiger partial charge in [0.1, 0.15) is 0 Å². The van der Waals surface area contributed by atoms with Gasteiger partial charge in [0.25, 0.3) is 0 Å². The summed E-state index contributed by atoms with van der Waals surface area (Å²) in [5.74, 6) is 0.837. The average molecular weight is 286 g/mol. The highest BCUT2D eigenvalue weighted by molar-refractivity contribution is 7.90. The standard InChI is InChI=1S/C13H18O5S/c1-17-10-6-9(8-13(14)4-5-13)12(19(3,15)16)7-11(10)18-2/h6-7,14H,4-5,8H2,1-3H3. The van der Waals surface area contributed by atoms with Crippen molar-refractivity contribution in [3.05, 3.63) is 17.7 Å². The van der Waals surface area contributed by atoms with Crippen LogP contribution < -0.4 is 9.47 Å². The molecule has 0 spiro atoms. The second-order valence-electron chi connectivity index (χ2n) is 4.99. The molecule has 1 aromatic carbocycles. The summed E-state index contributed by atoms with van der Waals surface area (Å²) in [7, 11) is -0.432. The van der Waals surface area contributed by atoms with E-state index in [9.17, 15) is 13.5 Å². The van der Waals surface area contributed by atoms with E-state index in [-0.39, 0.29) is 4.90 Å². The van der Waals surface area contributed by atoms with Crippen molar-refractivity contribution in [2.75, 3.05) is 20.5 Å². The van der Waals surface area contributed by atoms with Gasteiger partial charge in [-0.15, -0.1) is 0 Å². The summed E-state index contributed by atoms with van der Waals surface area (Å²) in [6, 6.07) is 3.08. The number of aliphatic hydroxyl groups is 1. The Morgan fingerprint density at radius 3 is 2.16 bits per heavy atom. The fourth-order valence-corrected chi connectivity index (χ4v) is 2.99. The van der Waals surface area contributed by atoms with Gasteiger partial charge in [-0.05, 0) is 24.5 Å². The highest BCUT2D eigenvalue weighted by Crippen LogP contribution is 2.41. The molecule has 1 N–H and O–H groups in total. The van der Waals surface area contributed by atoms with Crippen molar-refractivity contribution in [3.8, 4) is 11.5 Å². The zero-order valence-electron chi connectivity index (χ0n) is 11.3. The van der Waals surface area contributed by atoms with Crippen LogP contribution in [-0.2, 0) is 16.3 Å².